The van der Waals surface area contributed by atoms with Crippen LogP contribution in [0.3, 0.4) is 0 Å². The standard InChI is InChI=1S/C13H17F2NO2/c1-2-18-10-7-11(14)13(15)12(8-10)16-5-3-9(17)4-6-16/h7-9,17H,2-6H2,1H3. The minimum atomic E-state index is -0.901. The molecule has 1 aromatic rings. The Hall–Kier alpha value is -1.36. The molecule has 0 atom stereocenters. The smallest absolute Gasteiger partial charge is 0.182 e. The van der Waals surface area contributed by atoms with Gasteiger partial charge in [0.2, 0.25) is 0 Å². The summed E-state index contributed by atoms with van der Waals surface area (Å²) in [6.45, 7) is 3.24. The Morgan fingerprint density at radius 1 is 1.33 bits per heavy atom. The molecule has 1 aliphatic rings. The molecular formula is C13H17F2NO2. The molecule has 0 spiro atoms. The molecule has 18 heavy (non-hydrogen) atoms. The van der Waals surface area contributed by atoms with Gasteiger partial charge in [0.05, 0.1) is 18.4 Å². The lowest BCUT2D eigenvalue weighted by atomic mass is 10.1. The molecular weight excluding hydrogens is 240 g/mol. The molecule has 0 radical (unpaired) electrons. The van der Waals surface area contributed by atoms with Crippen molar-refractivity contribution in [3.63, 3.8) is 0 Å². The third-order valence-corrected chi connectivity index (χ3v) is 3.10. The van der Waals surface area contributed by atoms with Gasteiger partial charge in [0.15, 0.2) is 11.6 Å². The van der Waals surface area contributed by atoms with Gasteiger partial charge in [0, 0.05) is 25.2 Å². The number of nitrogens with zero attached hydrogens (tertiary/aromatic N) is 1. The number of aliphatic hydroxyl groups is 1. The van der Waals surface area contributed by atoms with E-state index in [0.717, 1.165) is 6.07 Å². The second-order valence-corrected chi connectivity index (χ2v) is 4.39. The van der Waals surface area contributed by atoms with Crippen LogP contribution in [-0.2, 0) is 0 Å². The molecule has 100 valence electrons. The quantitative estimate of drug-likeness (QED) is 0.902. The highest BCUT2D eigenvalue weighted by atomic mass is 19.2. The van der Waals surface area contributed by atoms with Gasteiger partial charge in [-0.15, -0.1) is 0 Å². The Bertz CT molecular complexity index is 418. The van der Waals surface area contributed by atoms with E-state index in [2.05, 4.69) is 0 Å². The molecule has 5 heteroatoms. The first kappa shape index (κ1) is 13.1. The number of hydrogen-bond donors (Lipinski definition) is 1. The van der Waals surface area contributed by atoms with Crippen LogP contribution >= 0.6 is 0 Å². The molecule has 0 saturated carbocycles. The van der Waals surface area contributed by atoms with Gasteiger partial charge >= 0.3 is 0 Å². The van der Waals surface area contributed by atoms with Crippen molar-refractivity contribution in [3.8, 4) is 5.75 Å². The Kier molecular flexibility index (Phi) is 4.01. The summed E-state index contributed by atoms with van der Waals surface area (Å²) < 4.78 is 32.4. The largest absolute Gasteiger partial charge is 0.494 e. The van der Waals surface area contributed by atoms with Crippen molar-refractivity contribution >= 4 is 5.69 Å². The van der Waals surface area contributed by atoms with Gasteiger partial charge in [-0.25, -0.2) is 8.78 Å². The lowest BCUT2D eigenvalue weighted by Gasteiger charge is -2.31. The van der Waals surface area contributed by atoms with Crippen molar-refractivity contribution in [2.24, 2.45) is 0 Å². The monoisotopic (exact) mass is 257 g/mol. The minimum absolute atomic E-state index is 0.213. The number of hydrogen-bond acceptors (Lipinski definition) is 3. The molecule has 0 aromatic heterocycles. The average molecular weight is 257 g/mol. The van der Waals surface area contributed by atoms with Crippen LogP contribution in [0.4, 0.5) is 14.5 Å². The Labute approximate surface area is 105 Å². The summed E-state index contributed by atoms with van der Waals surface area (Å²) in [6.07, 6.45) is 0.795. The first-order valence-electron chi connectivity index (χ1n) is 6.16. The van der Waals surface area contributed by atoms with Crippen LogP contribution in [0.5, 0.6) is 5.75 Å². The first-order chi connectivity index (χ1) is 8.61. The Balaban J connectivity index is 2.25. The maximum atomic E-state index is 13.8. The van der Waals surface area contributed by atoms with E-state index in [9.17, 15) is 13.9 Å². The highest BCUT2D eigenvalue weighted by Crippen LogP contribution is 2.29. The molecule has 3 nitrogen and oxygen atoms in total. The second-order valence-electron chi connectivity index (χ2n) is 4.39. The maximum absolute atomic E-state index is 13.8. The minimum Gasteiger partial charge on any atom is -0.494 e. The van der Waals surface area contributed by atoms with E-state index in [4.69, 9.17) is 4.74 Å². The molecule has 1 N–H and O–H groups in total. The van der Waals surface area contributed by atoms with E-state index in [1.54, 1.807) is 11.8 Å². The number of piperidine rings is 1. The summed E-state index contributed by atoms with van der Waals surface area (Å²) in [5, 5.41) is 9.42. The van der Waals surface area contributed by atoms with E-state index in [0.29, 0.717) is 38.3 Å². The predicted molar refractivity (Wildman–Crippen MR) is 65.0 cm³/mol. The lowest BCUT2D eigenvalue weighted by molar-refractivity contribution is 0.145. The number of anilines is 1. The van der Waals surface area contributed by atoms with Crippen molar-refractivity contribution in [3.05, 3.63) is 23.8 Å². The molecule has 1 aliphatic heterocycles. The van der Waals surface area contributed by atoms with Gasteiger partial charge in [-0.3, -0.25) is 0 Å². The molecule has 1 fully saturated rings. The van der Waals surface area contributed by atoms with Crippen LogP contribution in [0.25, 0.3) is 0 Å². The van der Waals surface area contributed by atoms with Gasteiger partial charge in [-0.2, -0.15) is 0 Å². The van der Waals surface area contributed by atoms with Crippen LogP contribution < -0.4 is 9.64 Å². The van der Waals surface area contributed by atoms with E-state index in [1.165, 1.54) is 6.07 Å². The van der Waals surface area contributed by atoms with Crippen LogP contribution in [0.15, 0.2) is 12.1 Å². The summed E-state index contributed by atoms with van der Waals surface area (Å²) >= 11 is 0. The summed E-state index contributed by atoms with van der Waals surface area (Å²) in [6, 6.07) is 2.57. The first-order valence-corrected chi connectivity index (χ1v) is 6.16. The number of ether oxygens (including phenoxy) is 1. The SMILES string of the molecule is CCOc1cc(F)c(F)c(N2CCC(O)CC2)c1. The van der Waals surface area contributed by atoms with E-state index >= 15 is 0 Å². The van der Waals surface area contributed by atoms with Crippen molar-refractivity contribution in [2.45, 2.75) is 25.9 Å². The molecule has 1 heterocycles. The van der Waals surface area contributed by atoms with E-state index in [-0.39, 0.29) is 11.8 Å². The lowest BCUT2D eigenvalue weighted by Crippen LogP contribution is -2.36. The summed E-state index contributed by atoms with van der Waals surface area (Å²) in [4.78, 5) is 1.74. The van der Waals surface area contributed by atoms with Crippen molar-refractivity contribution in [2.75, 3.05) is 24.6 Å². The van der Waals surface area contributed by atoms with Gasteiger partial charge in [-0.1, -0.05) is 0 Å². The summed E-state index contributed by atoms with van der Waals surface area (Å²) in [7, 11) is 0. The number of aliphatic hydroxyl groups excluding tert-OH is 1. The van der Waals surface area contributed by atoms with Crippen molar-refractivity contribution < 1.29 is 18.6 Å². The summed E-state index contributed by atoms with van der Waals surface area (Å²) in [5.74, 6) is -1.42. The molecule has 1 saturated heterocycles. The third-order valence-electron chi connectivity index (χ3n) is 3.10. The zero-order valence-corrected chi connectivity index (χ0v) is 10.3. The fourth-order valence-electron chi connectivity index (χ4n) is 2.14. The van der Waals surface area contributed by atoms with Crippen LogP contribution in [0.1, 0.15) is 19.8 Å². The average Bonchev–Trinajstić information content (AvgIpc) is 2.35. The maximum Gasteiger partial charge on any atom is 0.182 e. The normalized spacial score (nSPS) is 17.0. The van der Waals surface area contributed by atoms with E-state index in [1.807, 2.05) is 0 Å². The van der Waals surface area contributed by atoms with Crippen LogP contribution in [0.2, 0.25) is 0 Å². The molecule has 0 bridgehead atoms. The zero-order valence-electron chi connectivity index (χ0n) is 10.3. The Morgan fingerprint density at radius 2 is 2.00 bits per heavy atom. The van der Waals surface area contributed by atoms with Gasteiger partial charge in [0.25, 0.3) is 0 Å². The van der Waals surface area contributed by atoms with Gasteiger partial charge in [0.1, 0.15) is 5.75 Å². The highest BCUT2D eigenvalue weighted by molar-refractivity contribution is 5.53. The number of halogens is 2. The van der Waals surface area contributed by atoms with Crippen LogP contribution in [-0.4, -0.2) is 30.9 Å². The molecule has 0 aliphatic carbocycles. The van der Waals surface area contributed by atoms with Gasteiger partial charge < -0.3 is 14.7 Å². The highest BCUT2D eigenvalue weighted by Gasteiger charge is 2.22. The molecule has 0 unspecified atom stereocenters. The fraction of sp³-hybridized carbons (Fsp3) is 0.538. The Morgan fingerprint density at radius 3 is 2.61 bits per heavy atom. The third kappa shape index (κ3) is 2.72. The number of benzene rings is 1. The zero-order chi connectivity index (χ0) is 13.1. The summed E-state index contributed by atoms with van der Waals surface area (Å²) in [5.41, 5.74) is 0.213. The topological polar surface area (TPSA) is 32.7 Å². The van der Waals surface area contributed by atoms with Crippen LogP contribution in [0, 0.1) is 11.6 Å². The molecule has 2 rings (SSSR count). The molecule has 1 aromatic carbocycles. The van der Waals surface area contributed by atoms with E-state index < -0.39 is 11.6 Å². The van der Waals surface area contributed by atoms with Crippen molar-refractivity contribution in [1.29, 1.82) is 0 Å². The predicted octanol–water partition coefficient (Wildman–Crippen LogP) is 2.32. The van der Waals surface area contributed by atoms with Crippen molar-refractivity contribution in [1.82, 2.24) is 0 Å². The fourth-order valence-corrected chi connectivity index (χ4v) is 2.14. The molecule has 0 amide bonds. The van der Waals surface area contributed by atoms with Gasteiger partial charge in [-0.05, 0) is 19.8 Å². The second kappa shape index (κ2) is 5.52. The number of rotatable bonds is 3.